The Kier molecular flexibility index (Phi) is 10.1. The van der Waals surface area contributed by atoms with E-state index in [0.717, 1.165) is 24.5 Å². The van der Waals surface area contributed by atoms with Gasteiger partial charge in [-0.05, 0) is 55.7 Å². The van der Waals surface area contributed by atoms with Crippen molar-refractivity contribution in [3.63, 3.8) is 0 Å². The topological polar surface area (TPSA) is 50.7 Å². The molecule has 2 N–H and O–H groups in total. The highest BCUT2D eigenvalue weighted by atomic mass is 32.2. The number of thioether (sulfide) groups is 1. The molecule has 0 amide bonds. The minimum Gasteiger partial charge on any atom is -0.497 e. The number of rotatable bonds is 12. The molecule has 0 heterocycles. The maximum Gasteiger partial charge on any atom is 0.119 e. The zero-order valence-electron chi connectivity index (χ0n) is 13.0. The number of hydrogen-bond donors (Lipinski definition) is 2. The summed E-state index contributed by atoms with van der Waals surface area (Å²) in [5.41, 5.74) is 0. The SMILES string of the molecule is COc1ccc(OCC(O)CNCCCCCSC)cc1. The van der Waals surface area contributed by atoms with E-state index in [9.17, 15) is 5.11 Å². The van der Waals surface area contributed by atoms with Crippen LogP contribution in [0.2, 0.25) is 0 Å². The molecule has 1 atom stereocenters. The van der Waals surface area contributed by atoms with Crippen molar-refractivity contribution in [1.82, 2.24) is 5.32 Å². The molecule has 0 aliphatic heterocycles. The van der Waals surface area contributed by atoms with Gasteiger partial charge in [-0.15, -0.1) is 0 Å². The second-order valence-corrected chi connectivity index (χ2v) is 5.88. The molecule has 4 nitrogen and oxygen atoms in total. The fourth-order valence-electron chi connectivity index (χ4n) is 1.87. The lowest BCUT2D eigenvalue weighted by Crippen LogP contribution is -2.32. The van der Waals surface area contributed by atoms with Crippen LogP contribution in [0.4, 0.5) is 0 Å². The van der Waals surface area contributed by atoms with E-state index in [-0.39, 0.29) is 0 Å². The predicted octanol–water partition coefficient (Wildman–Crippen LogP) is 2.56. The molecular weight excluding hydrogens is 286 g/mol. The third kappa shape index (κ3) is 8.86. The summed E-state index contributed by atoms with van der Waals surface area (Å²) in [6.45, 7) is 1.82. The van der Waals surface area contributed by atoms with Crippen LogP contribution < -0.4 is 14.8 Å². The molecule has 0 aromatic heterocycles. The Labute approximate surface area is 132 Å². The lowest BCUT2D eigenvalue weighted by atomic mass is 10.2. The van der Waals surface area contributed by atoms with Crippen molar-refractivity contribution in [3.8, 4) is 11.5 Å². The van der Waals surface area contributed by atoms with Crippen molar-refractivity contribution in [2.45, 2.75) is 25.4 Å². The number of aliphatic hydroxyl groups is 1. The normalized spacial score (nSPS) is 12.1. The monoisotopic (exact) mass is 313 g/mol. The Morgan fingerprint density at radius 1 is 1.14 bits per heavy atom. The van der Waals surface area contributed by atoms with E-state index in [1.807, 2.05) is 36.0 Å². The third-order valence-corrected chi connectivity index (χ3v) is 3.78. The predicted molar refractivity (Wildman–Crippen MR) is 89.6 cm³/mol. The van der Waals surface area contributed by atoms with Crippen LogP contribution in [0.5, 0.6) is 11.5 Å². The van der Waals surface area contributed by atoms with Gasteiger partial charge < -0.3 is 19.9 Å². The quantitative estimate of drug-likeness (QED) is 0.581. The minimum absolute atomic E-state index is 0.297. The highest BCUT2D eigenvalue weighted by Gasteiger charge is 2.04. The van der Waals surface area contributed by atoms with Gasteiger partial charge in [0.25, 0.3) is 0 Å². The summed E-state index contributed by atoms with van der Waals surface area (Å²) in [5.74, 6) is 2.77. The highest BCUT2D eigenvalue weighted by Crippen LogP contribution is 2.16. The molecule has 0 bridgehead atoms. The maximum absolute atomic E-state index is 9.84. The van der Waals surface area contributed by atoms with E-state index in [2.05, 4.69) is 11.6 Å². The van der Waals surface area contributed by atoms with E-state index >= 15 is 0 Å². The van der Waals surface area contributed by atoms with Gasteiger partial charge in [0.1, 0.15) is 24.2 Å². The highest BCUT2D eigenvalue weighted by molar-refractivity contribution is 7.98. The first-order chi connectivity index (χ1) is 10.3. The molecule has 120 valence electrons. The van der Waals surface area contributed by atoms with Crippen molar-refractivity contribution >= 4 is 11.8 Å². The van der Waals surface area contributed by atoms with Gasteiger partial charge in [0.05, 0.1) is 7.11 Å². The van der Waals surface area contributed by atoms with Crippen LogP contribution in [0.15, 0.2) is 24.3 Å². The van der Waals surface area contributed by atoms with E-state index in [1.165, 1.54) is 18.6 Å². The first kappa shape index (κ1) is 18.1. The average molecular weight is 313 g/mol. The Hall–Kier alpha value is -0.910. The summed E-state index contributed by atoms with van der Waals surface area (Å²) in [5, 5.41) is 13.1. The van der Waals surface area contributed by atoms with Crippen LogP contribution in [-0.2, 0) is 0 Å². The number of unbranched alkanes of at least 4 members (excludes halogenated alkanes) is 2. The maximum atomic E-state index is 9.84. The summed E-state index contributed by atoms with van der Waals surface area (Å²) in [6.07, 6.45) is 5.32. The molecule has 1 aromatic carbocycles. The van der Waals surface area contributed by atoms with Crippen molar-refractivity contribution in [3.05, 3.63) is 24.3 Å². The van der Waals surface area contributed by atoms with Crippen molar-refractivity contribution in [1.29, 1.82) is 0 Å². The van der Waals surface area contributed by atoms with Gasteiger partial charge in [-0.1, -0.05) is 6.42 Å². The van der Waals surface area contributed by atoms with Crippen molar-refractivity contribution in [2.24, 2.45) is 0 Å². The first-order valence-corrected chi connectivity index (χ1v) is 8.80. The van der Waals surface area contributed by atoms with E-state index < -0.39 is 6.10 Å². The molecule has 0 saturated carbocycles. The zero-order valence-corrected chi connectivity index (χ0v) is 13.8. The van der Waals surface area contributed by atoms with Crippen LogP contribution in [0.1, 0.15) is 19.3 Å². The van der Waals surface area contributed by atoms with E-state index in [0.29, 0.717) is 13.2 Å². The molecular formula is C16H27NO3S. The Morgan fingerprint density at radius 3 is 2.52 bits per heavy atom. The second kappa shape index (κ2) is 11.7. The van der Waals surface area contributed by atoms with Crippen molar-refractivity contribution in [2.75, 3.05) is 38.8 Å². The number of ether oxygens (including phenoxy) is 2. The number of aliphatic hydroxyl groups excluding tert-OH is 1. The van der Waals surface area contributed by atoms with Crippen LogP contribution in [-0.4, -0.2) is 50.0 Å². The lowest BCUT2D eigenvalue weighted by molar-refractivity contribution is 0.106. The fourth-order valence-corrected chi connectivity index (χ4v) is 2.36. The smallest absolute Gasteiger partial charge is 0.119 e. The second-order valence-electron chi connectivity index (χ2n) is 4.90. The zero-order chi connectivity index (χ0) is 15.3. The fraction of sp³-hybridized carbons (Fsp3) is 0.625. The lowest BCUT2D eigenvalue weighted by Gasteiger charge is -2.13. The molecule has 1 rings (SSSR count). The molecule has 0 saturated heterocycles. The van der Waals surface area contributed by atoms with E-state index in [1.54, 1.807) is 7.11 Å². The number of nitrogens with one attached hydrogen (secondary N) is 1. The first-order valence-electron chi connectivity index (χ1n) is 7.41. The third-order valence-electron chi connectivity index (χ3n) is 3.08. The summed E-state index contributed by atoms with van der Waals surface area (Å²) in [7, 11) is 1.63. The molecule has 0 radical (unpaired) electrons. The van der Waals surface area contributed by atoms with Crippen molar-refractivity contribution < 1.29 is 14.6 Å². The van der Waals surface area contributed by atoms with Gasteiger partial charge in [-0.3, -0.25) is 0 Å². The van der Waals surface area contributed by atoms with Gasteiger partial charge in [0.15, 0.2) is 0 Å². The van der Waals surface area contributed by atoms with Crippen LogP contribution >= 0.6 is 11.8 Å². The molecule has 5 heteroatoms. The van der Waals surface area contributed by atoms with Gasteiger partial charge in [-0.25, -0.2) is 0 Å². The molecule has 1 unspecified atom stereocenters. The Balaban J connectivity index is 2.03. The standard InChI is InChI=1S/C16H27NO3S/c1-19-15-6-8-16(9-7-15)20-13-14(18)12-17-10-4-3-5-11-21-2/h6-9,14,17-18H,3-5,10-13H2,1-2H3. The summed E-state index contributed by atoms with van der Waals surface area (Å²) >= 11 is 1.89. The summed E-state index contributed by atoms with van der Waals surface area (Å²) in [6, 6.07) is 7.36. The average Bonchev–Trinajstić information content (AvgIpc) is 2.52. The van der Waals surface area contributed by atoms with Gasteiger partial charge in [0, 0.05) is 6.54 Å². The number of hydrogen-bond acceptors (Lipinski definition) is 5. The van der Waals surface area contributed by atoms with Crippen LogP contribution in [0.3, 0.4) is 0 Å². The van der Waals surface area contributed by atoms with Gasteiger partial charge in [-0.2, -0.15) is 11.8 Å². The Morgan fingerprint density at radius 2 is 1.86 bits per heavy atom. The van der Waals surface area contributed by atoms with Gasteiger partial charge >= 0.3 is 0 Å². The largest absolute Gasteiger partial charge is 0.497 e. The molecule has 0 spiro atoms. The molecule has 21 heavy (non-hydrogen) atoms. The van der Waals surface area contributed by atoms with Gasteiger partial charge in [0.2, 0.25) is 0 Å². The minimum atomic E-state index is -0.488. The number of benzene rings is 1. The van der Waals surface area contributed by atoms with Crippen LogP contribution in [0, 0.1) is 0 Å². The molecule has 0 fully saturated rings. The molecule has 1 aromatic rings. The number of methoxy groups -OCH3 is 1. The van der Waals surface area contributed by atoms with Crippen LogP contribution in [0.25, 0.3) is 0 Å². The van der Waals surface area contributed by atoms with E-state index in [4.69, 9.17) is 9.47 Å². The molecule has 0 aliphatic rings. The summed E-state index contributed by atoms with van der Waals surface area (Å²) in [4.78, 5) is 0. The summed E-state index contributed by atoms with van der Waals surface area (Å²) < 4.78 is 10.6. The molecule has 0 aliphatic carbocycles. The Bertz CT molecular complexity index is 359.